The fourth-order valence-corrected chi connectivity index (χ4v) is 3.77. The van der Waals surface area contributed by atoms with Gasteiger partial charge in [-0.05, 0) is 66.9 Å². The van der Waals surface area contributed by atoms with Gasteiger partial charge in [-0.15, -0.1) is 0 Å². The van der Waals surface area contributed by atoms with E-state index >= 15 is 0 Å². The summed E-state index contributed by atoms with van der Waals surface area (Å²) in [6.45, 7) is 4.79. The van der Waals surface area contributed by atoms with Crippen molar-refractivity contribution in [3.8, 4) is 17.0 Å². The molecule has 0 radical (unpaired) electrons. The molecule has 1 saturated heterocycles. The van der Waals surface area contributed by atoms with Gasteiger partial charge >= 0.3 is 0 Å². The molecule has 0 bridgehead atoms. The van der Waals surface area contributed by atoms with Crippen molar-refractivity contribution in [2.45, 2.75) is 13.3 Å². The molecule has 1 aromatic heterocycles. The second-order valence-electron chi connectivity index (χ2n) is 7.46. The molecule has 30 heavy (non-hydrogen) atoms. The van der Waals surface area contributed by atoms with E-state index in [1.54, 1.807) is 19.2 Å². The summed E-state index contributed by atoms with van der Waals surface area (Å²) in [4.78, 5) is 17.1. The molecule has 0 atom stereocenters. The predicted molar refractivity (Wildman–Crippen MR) is 114 cm³/mol. The Morgan fingerprint density at radius 2 is 1.87 bits per heavy atom. The minimum atomic E-state index is -0.261. The summed E-state index contributed by atoms with van der Waals surface area (Å²) in [6.07, 6.45) is 0.861. The summed E-state index contributed by atoms with van der Waals surface area (Å²) in [5.41, 5.74) is 3.35. The number of carbonyl (C=O) groups excluding carboxylic acids is 1. The molecular formula is C23H25FN4O2. The molecule has 156 valence electrons. The molecule has 0 unspecified atom stereocenters. The van der Waals surface area contributed by atoms with Gasteiger partial charge in [0.25, 0.3) is 5.91 Å². The standard InChI is InChI=1S/C23H25FN4O2/c1-16-14-19(30-2)8-9-20(16)23(29)28-11-3-10-27(12-13-28)22-15-21(25-26-22)17-4-6-18(24)7-5-17/h4-9,14-15H,3,10-13H2,1-2H3,(H,25,26). The van der Waals surface area contributed by atoms with Crippen molar-refractivity contribution in [1.29, 1.82) is 0 Å². The molecule has 0 spiro atoms. The normalized spacial score (nSPS) is 14.5. The number of rotatable bonds is 4. The fourth-order valence-electron chi connectivity index (χ4n) is 3.77. The Morgan fingerprint density at radius 1 is 1.07 bits per heavy atom. The quantitative estimate of drug-likeness (QED) is 0.712. The third-order valence-corrected chi connectivity index (χ3v) is 5.49. The van der Waals surface area contributed by atoms with Gasteiger partial charge in [0.2, 0.25) is 0 Å². The van der Waals surface area contributed by atoms with E-state index in [1.165, 1.54) is 12.1 Å². The molecule has 1 amide bonds. The SMILES string of the molecule is COc1ccc(C(=O)N2CCCN(c3cc(-c4ccc(F)cc4)[nH]n3)CC2)c(C)c1. The zero-order valence-corrected chi connectivity index (χ0v) is 17.2. The average molecular weight is 408 g/mol. The fraction of sp³-hybridized carbons (Fsp3) is 0.304. The highest BCUT2D eigenvalue weighted by Crippen LogP contribution is 2.24. The van der Waals surface area contributed by atoms with Crippen molar-refractivity contribution in [3.63, 3.8) is 0 Å². The Balaban J connectivity index is 1.44. The lowest BCUT2D eigenvalue weighted by Gasteiger charge is -2.22. The number of anilines is 1. The van der Waals surface area contributed by atoms with E-state index in [0.717, 1.165) is 41.4 Å². The number of hydrogen-bond acceptors (Lipinski definition) is 4. The number of H-pyrrole nitrogens is 1. The van der Waals surface area contributed by atoms with E-state index in [-0.39, 0.29) is 11.7 Å². The number of methoxy groups -OCH3 is 1. The number of aromatic amines is 1. The Hall–Kier alpha value is -3.35. The number of carbonyl (C=O) groups is 1. The molecule has 2 heterocycles. The number of benzene rings is 2. The van der Waals surface area contributed by atoms with Crippen LogP contribution in [0.15, 0.2) is 48.5 Å². The van der Waals surface area contributed by atoms with Crippen LogP contribution in [0.25, 0.3) is 11.3 Å². The van der Waals surface area contributed by atoms with Crippen LogP contribution in [0.4, 0.5) is 10.2 Å². The van der Waals surface area contributed by atoms with Gasteiger partial charge in [-0.1, -0.05) is 0 Å². The first kappa shape index (κ1) is 19.9. The van der Waals surface area contributed by atoms with Crippen molar-refractivity contribution in [1.82, 2.24) is 15.1 Å². The molecule has 0 aliphatic carbocycles. The van der Waals surface area contributed by atoms with Crippen molar-refractivity contribution in [2.75, 3.05) is 38.2 Å². The highest BCUT2D eigenvalue weighted by atomic mass is 19.1. The average Bonchev–Trinajstić information content (AvgIpc) is 3.11. The topological polar surface area (TPSA) is 61.5 Å². The summed E-state index contributed by atoms with van der Waals surface area (Å²) in [7, 11) is 1.62. The van der Waals surface area contributed by atoms with E-state index in [0.29, 0.717) is 25.2 Å². The number of hydrogen-bond donors (Lipinski definition) is 1. The molecule has 6 nitrogen and oxygen atoms in total. The van der Waals surface area contributed by atoms with Crippen molar-refractivity contribution >= 4 is 11.7 Å². The largest absolute Gasteiger partial charge is 0.497 e. The van der Waals surface area contributed by atoms with E-state index in [1.807, 2.05) is 36.1 Å². The monoisotopic (exact) mass is 408 g/mol. The molecule has 3 aromatic rings. The lowest BCUT2D eigenvalue weighted by atomic mass is 10.1. The first-order valence-corrected chi connectivity index (χ1v) is 10.1. The van der Waals surface area contributed by atoms with Gasteiger partial charge in [-0.25, -0.2) is 4.39 Å². The van der Waals surface area contributed by atoms with Crippen LogP contribution in [-0.4, -0.2) is 54.3 Å². The number of amides is 1. The zero-order chi connectivity index (χ0) is 21.1. The first-order chi connectivity index (χ1) is 14.5. The van der Waals surface area contributed by atoms with Crippen molar-refractivity contribution in [2.24, 2.45) is 0 Å². The van der Waals surface area contributed by atoms with Crippen LogP contribution in [-0.2, 0) is 0 Å². The van der Waals surface area contributed by atoms with Crippen LogP contribution in [0, 0.1) is 12.7 Å². The third kappa shape index (κ3) is 4.15. The van der Waals surface area contributed by atoms with Crippen LogP contribution in [0.2, 0.25) is 0 Å². The smallest absolute Gasteiger partial charge is 0.254 e. The van der Waals surface area contributed by atoms with Crippen LogP contribution >= 0.6 is 0 Å². The minimum absolute atomic E-state index is 0.0473. The number of halogens is 1. The predicted octanol–water partition coefficient (Wildman–Crippen LogP) is 3.89. The Bertz CT molecular complexity index is 1030. The summed E-state index contributed by atoms with van der Waals surface area (Å²) >= 11 is 0. The van der Waals surface area contributed by atoms with Gasteiger partial charge in [0, 0.05) is 37.8 Å². The number of ether oxygens (including phenoxy) is 1. The van der Waals surface area contributed by atoms with Crippen molar-refractivity contribution in [3.05, 3.63) is 65.5 Å². The maximum absolute atomic E-state index is 13.2. The summed E-state index contributed by atoms with van der Waals surface area (Å²) in [6, 6.07) is 13.8. The summed E-state index contributed by atoms with van der Waals surface area (Å²) in [5.74, 6) is 1.37. The van der Waals surface area contributed by atoms with Gasteiger partial charge in [-0.3, -0.25) is 9.89 Å². The van der Waals surface area contributed by atoms with Crippen molar-refractivity contribution < 1.29 is 13.9 Å². The summed E-state index contributed by atoms with van der Waals surface area (Å²) in [5, 5.41) is 7.46. The lowest BCUT2D eigenvalue weighted by Crippen LogP contribution is -2.35. The van der Waals surface area contributed by atoms with Gasteiger partial charge < -0.3 is 14.5 Å². The van der Waals surface area contributed by atoms with E-state index < -0.39 is 0 Å². The molecule has 1 aliphatic heterocycles. The van der Waals surface area contributed by atoms with Crippen LogP contribution < -0.4 is 9.64 Å². The molecule has 4 rings (SSSR count). The van der Waals surface area contributed by atoms with Gasteiger partial charge in [0.15, 0.2) is 5.82 Å². The van der Waals surface area contributed by atoms with Crippen LogP contribution in [0.5, 0.6) is 5.75 Å². The Labute approximate surface area is 175 Å². The maximum Gasteiger partial charge on any atom is 0.254 e. The highest BCUT2D eigenvalue weighted by Gasteiger charge is 2.23. The molecule has 1 N–H and O–H groups in total. The molecule has 2 aromatic carbocycles. The number of aromatic nitrogens is 2. The van der Waals surface area contributed by atoms with Gasteiger partial charge in [0.1, 0.15) is 11.6 Å². The summed E-state index contributed by atoms with van der Waals surface area (Å²) < 4.78 is 18.4. The Kier molecular flexibility index (Phi) is 5.70. The zero-order valence-electron chi connectivity index (χ0n) is 17.2. The molecular weight excluding hydrogens is 383 g/mol. The van der Waals surface area contributed by atoms with Gasteiger partial charge in [0.05, 0.1) is 12.8 Å². The molecule has 0 saturated carbocycles. The minimum Gasteiger partial charge on any atom is -0.497 e. The highest BCUT2D eigenvalue weighted by molar-refractivity contribution is 5.95. The lowest BCUT2D eigenvalue weighted by molar-refractivity contribution is 0.0766. The number of nitrogens with zero attached hydrogens (tertiary/aromatic N) is 3. The van der Waals surface area contributed by atoms with E-state index in [4.69, 9.17) is 4.74 Å². The third-order valence-electron chi connectivity index (χ3n) is 5.49. The maximum atomic E-state index is 13.2. The number of nitrogens with one attached hydrogen (secondary N) is 1. The van der Waals surface area contributed by atoms with Gasteiger partial charge in [-0.2, -0.15) is 5.10 Å². The molecule has 1 fully saturated rings. The molecule has 1 aliphatic rings. The Morgan fingerprint density at radius 3 is 2.60 bits per heavy atom. The second kappa shape index (κ2) is 8.57. The first-order valence-electron chi connectivity index (χ1n) is 10.1. The van der Waals surface area contributed by atoms with E-state index in [9.17, 15) is 9.18 Å². The number of aryl methyl sites for hydroxylation is 1. The molecule has 7 heteroatoms. The second-order valence-corrected chi connectivity index (χ2v) is 7.46. The van der Waals surface area contributed by atoms with E-state index in [2.05, 4.69) is 15.1 Å². The van der Waals surface area contributed by atoms with Crippen LogP contribution in [0.3, 0.4) is 0 Å². The van der Waals surface area contributed by atoms with Crippen LogP contribution in [0.1, 0.15) is 22.3 Å².